The highest BCUT2D eigenvalue weighted by molar-refractivity contribution is 6.02. The summed E-state index contributed by atoms with van der Waals surface area (Å²) in [7, 11) is 1.56. The van der Waals surface area contributed by atoms with Crippen LogP contribution in [0, 0.1) is 10.1 Å². The molecule has 36 heavy (non-hydrogen) atoms. The molecule has 0 radical (unpaired) electrons. The summed E-state index contributed by atoms with van der Waals surface area (Å²) >= 11 is 0. The van der Waals surface area contributed by atoms with Crippen LogP contribution in [0.1, 0.15) is 22.8 Å². The van der Waals surface area contributed by atoms with E-state index in [4.69, 9.17) is 9.47 Å². The van der Waals surface area contributed by atoms with Gasteiger partial charge in [0.1, 0.15) is 11.5 Å². The van der Waals surface area contributed by atoms with E-state index in [0.29, 0.717) is 18.7 Å². The molecule has 0 bridgehead atoms. The molecule has 0 saturated heterocycles. The molecule has 0 aromatic heterocycles. The van der Waals surface area contributed by atoms with Gasteiger partial charge in [0, 0.05) is 31.2 Å². The molecule has 0 aliphatic rings. The summed E-state index contributed by atoms with van der Waals surface area (Å²) in [5, 5.41) is 15.6. The number of methoxy groups -OCH3 is 1. The number of rotatable bonds is 8. The van der Waals surface area contributed by atoms with Crippen molar-refractivity contribution in [3.05, 3.63) is 100 Å². The zero-order chi connectivity index (χ0) is 25.7. The third kappa shape index (κ3) is 5.50. The quantitative estimate of drug-likeness (QED) is 0.157. The van der Waals surface area contributed by atoms with E-state index in [2.05, 4.69) is 5.32 Å². The molecule has 4 rings (SSSR count). The Morgan fingerprint density at radius 2 is 1.61 bits per heavy atom. The Labute approximate surface area is 207 Å². The first-order chi connectivity index (χ1) is 17.4. The number of carbonyl (C=O) groups is 2. The Hall–Kier alpha value is -4.72. The van der Waals surface area contributed by atoms with Crippen molar-refractivity contribution < 1.29 is 24.0 Å². The first kappa shape index (κ1) is 24.4. The van der Waals surface area contributed by atoms with Crippen LogP contribution in [0.5, 0.6) is 11.5 Å². The van der Waals surface area contributed by atoms with Gasteiger partial charge in [-0.3, -0.25) is 19.7 Å². The summed E-state index contributed by atoms with van der Waals surface area (Å²) < 4.78 is 10.8. The molecule has 4 aromatic rings. The second-order valence-corrected chi connectivity index (χ2v) is 8.13. The Bertz CT molecular complexity index is 1450. The average molecular weight is 485 g/mol. The number of nitrogens with one attached hydrogen (secondary N) is 1. The van der Waals surface area contributed by atoms with Crippen LogP contribution < -0.4 is 14.8 Å². The molecule has 0 saturated carbocycles. The maximum Gasteiger partial charge on any atom is 0.308 e. The van der Waals surface area contributed by atoms with Gasteiger partial charge in [-0.05, 0) is 64.7 Å². The SMILES string of the molecule is COc1ccc(CCNC(=O)c2cc3ccccc3cc2OC(C)=O)cc1-c1ccc([N+](=O)[O-])cc1. The fourth-order valence-corrected chi connectivity index (χ4v) is 3.95. The molecule has 0 aliphatic heterocycles. The highest BCUT2D eigenvalue weighted by atomic mass is 16.6. The number of nitrogens with zero attached hydrogens (tertiary/aromatic N) is 1. The van der Waals surface area contributed by atoms with Crippen molar-refractivity contribution in [2.24, 2.45) is 0 Å². The van der Waals surface area contributed by atoms with E-state index in [1.54, 1.807) is 31.4 Å². The summed E-state index contributed by atoms with van der Waals surface area (Å²) in [6, 6.07) is 22.9. The summed E-state index contributed by atoms with van der Waals surface area (Å²) in [6.07, 6.45) is 0.534. The third-order valence-corrected chi connectivity index (χ3v) is 5.70. The summed E-state index contributed by atoms with van der Waals surface area (Å²) in [5.41, 5.74) is 2.82. The maximum atomic E-state index is 13.0. The number of nitro benzene ring substituents is 1. The van der Waals surface area contributed by atoms with Crippen LogP contribution in [0.2, 0.25) is 0 Å². The standard InChI is InChI=1S/C28H24N2O6/c1-18(31)36-27-17-22-6-4-3-5-21(22)16-25(27)28(32)29-14-13-19-7-12-26(35-2)24(15-19)20-8-10-23(11-9-20)30(33)34/h3-12,15-17H,13-14H2,1-2H3,(H,29,32). The largest absolute Gasteiger partial charge is 0.496 e. The fraction of sp³-hybridized carbons (Fsp3) is 0.143. The van der Waals surface area contributed by atoms with E-state index < -0.39 is 10.9 Å². The highest BCUT2D eigenvalue weighted by Gasteiger charge is 2.16. The summed E-state index contributed by atoms with van der Waals surface area (Å²) in [6.45, 7) is 1.64. The van der Waals surface area contributed by atoms with Crippen LogP contribution in [0.25, 0.3) is 21.9 Å². The minimum atomic E-state index is -0.503. The van der Waals surface area contributed by atoms with Gasteiger partial charge in [0.15, 0.2) is 0 Å². The molecule has 0 heterocycles. The molecular weight excluding hydrogens is 460 g/mol. The van der Waals surface area contributed by atoms with Gasteiger partial charge in [-0.2, -0.15) is 0 Å². The lowest BCUT2D eigenvalue weighted by molar-refractivity contribution is -0.384. The predicted molar refractivity (Wildman–Crippen MR) is 136 cm³/mol. The van der Waals surface area contributed by atoms with Crippen LogP contribution in [-0.4, -0.2) is 30.5 Å². The molecule has 0 spiro atoms. The predicted octanol–water partition coefficient (Wildman–Crippen LogP) is 5.32. The smallest absolute Gasteiger partial charge is 0.308 e. The lowest BCUT2D eigenvalue weighted by Crippen LogP contribution is -2.26. The van der Waals surface area contributed by atoms with Gasteiger partial charge in [0.2, 0.25) is 0 Å². The number of benzene rings is 4. The Balaban J connectivity index is 1.51. The molecule has 0 aliphatic carbocycles. The number of amides is 1. The van der Waals surface area contributed by atoms with Gasteiger partial charge in [0.05, 0.1) is 17.6 Å². The maximum absolute atomic E-state index is 13.0. The Morgan fingerprint density at radius 1 is 0.917 bits per heavy atom. The Kier molecular flexibility index (Phi) is 7.25. The number of esters is 1. The van der Waals surface area contributed by atoms with Crippen LogP contribution in [0.4, 0.5) is 5.69 Å². The molecule has 0 fully saturated rings. The number of carbonyl (C=O) groups excluding carboxylic acids is 2. The van der Waals surface area contributed by atoms with Crippen molar-refractivity contribution in [3.8, 4) is 22.6 Å². The first-order valence-corrected chi connectivity index (χ1v) is 11.3. The van der Waals surface area contributed by atoms with Crippen molar-refractivity contribution in [2.45, 2.75) is 13.3 Å². The van der Waals surface area contributed by atoms with E-state index in [0.717, 1.165) is 27.5 Å². The molecule has 8 heteroatoms. The van der Waals surface area contributed by atoms with Crippen molar-refractivity contribution in [1.29, 1.82) is 0 Å². The Morgan fingerprint density at radius 3 is 2.25 bits per heavy atom. The number of hydrogen-bond donors (Lipinski definition) is 1. The van der Waals surface area contributed by atoms with Gasteiger partial charge >= 0.3 is 5.97 Å². The minimum Gasteiger partial charge on any atom is -0.496 e. The zero-order valence-corrected chi connectivity index (χ0v) is 19.8. The van der Waals surface area contributed by atoms with E-state index >= 15 is 0 Å². The van der Waals surface area contributed by atoms with Gasteiger partial charge in [-0.25, -0.2) is 0 Å². The summed E-state index contributed by atoms with van der Waals surface area (Å²) in [4.78, 5) is 35.1. The van der Waals surface area contributed by atoms with Crippen molar-refractivity contribution in [3.63, 3.8) is 0 Å². The minimum absolute atomic E-state index is 0.0124. The van der Waals surface area contributed by atoms with Crippen LogP contribution >= 0.6 is 0 Å². The second-order valence-electron chi connectivity index (χ2n) is 8.13. The lowest BCUT2D eigenvalue weighted by Gasteiger charge is -2.13. The van der Waals surface area contributed by atoms with Crippen molar-refractivity contribution in [2.75, 3.05) is 13.7 Å². The van der Waals surface area contributed by atoms with Gasteiger partial charge in [-0.15, -0.1) is 0 Å². The van der Waals surface area contributed by atoms with Gasteiger partial charge in [0.25, 0.3) is 11.6 Å². The second kappa shape index (κ2) is 10.7. The molecule has 1 amide bonds. The monoisotopic (exact) mass is 484 g/mol. The molecular formula is C28H24N2O6. The number of fused-ring (bicyclic) bond motifs is 1. The first-order valence-electron chi connectivity index (χ1n) is 11.3. The number of non-ortho nitro benzene ring substituents is 1. The average Bonchev–Trinajstić information content (AvgIpc) is 2.87. The highest BCUT2D eigenvalue weighted by Crippen LogP contribution is 2.32. The molecule has 8 nitrogen and oxygen atoms in total. The van der Waals surface area contributed by atoms with Crippen LogP contribution in [-0.2, 0) is 11.2 Å². The molecule has 4 aromatic carbocycles. The third-order valence-electron chi connectivity index (χ3n) is 5.70. The van der Waals surface area contributed by atoms with E-state index in [1.807, 2.05) is 42.5 Å². The van der Waals surface area contributed by atoms with Crippen LogP contribution in [0.3, 0.4) is 0 Å². The van der Waals surface area contributed by atoms with Crippen LogP contribution in [0.15, 0.2) is 78.9 Å². The van der Waals surface area contributed by atoms with Crippen molar-refractivity contribution in [1.82, 2.24) is 5.32 Å². The molecule has 1 N–H and O–H groups in total. The van der Waals surface area contributed by atoms with Gasteiger partial charge in [-0.1, -0.05) is 30.3 Å². The molecule has 0 atom stereocenters. The van der Waals surface area contributed by atoms with E-state index in [9.17, 15) is 19.7 Å². The van der Waals surface area contributed by atoms with E-state index in [-0.39, 0.29) is 22.9 Å². The zero-order valence-electron chi connectivity index (χ0n) is 19.8. The fourth-order valence-electron chi connectivity index (χ4n) is 3.95. The molecule has 0 unspecified atom stereocenters. The number of ether oxygens (including phenoxy) is 2. The van der Waals surface area contributed by atoms with E-state index in [1.165, 1.54) is 19.1 Å². The lowest BCUT2D eigenvalue weighted by atomic mass is 10.00. The van der Waals surface area contributed by atoms with Crippen molar-refractivity contribution >= 4 is 28.3 Å². The summed E-state index contributed by atoms with van der Waals surface area (Å²) in [5.74, 6) is -0.000116. The number of nitro groups is 1. The number of hydrogen-bond acceptors (Lipinski definition) is 6. The topological polar surface area (TPSA) is 108 Å². The molecule has 182 valence electrons. The normalized spacial score (nSPS) is 10.6. The van der Waals surface area contributed by atoms with Gasteiger partial charge < -0.3 is 14.8 Å².